The second-order valence-corrected chi connectivity index (χ2v) is 4.87. The zero-order valence-electron chi connectivity index (χ0n) is 10.0. The van der Waals surface area contributed by atoms with Gasteiger partial charge in [0, 0.05) is 12.8 Å². The maximum atomic E-state index is 5.33. The quantitative estimate of drug-likeness (QED) is 0.553. The first-order valence-corrected chi connectivity index (χ1v) is 6.30. The van der Waals surface area contributed by atoms with Crippen molar-refractivity contribution in [2.75, 3.05) is 13.2 Å². The molecule has 0 saturated carbocycles. The van der Waals surface area contributed by atoms with E-state index in [-0.39, 0.29) is 0 Å². The van der Waals surface area contributed by atoms with E-state index < -0.39 is 0 Å². The lowest BCUT2D eigenvalue weighted by Crippen LogP contribution is -2.05. The fraction of sp³-hybridized carbons (Fsp3) is 0.467. The summed E-state index contributed by atoms with van der Waals surface area (Å²) in [6.07, 6.45) is 5.93. The molecule has 17 heavy (non-hydrogen) atoms. The van der Waals surface area contributed by atoms with Crippen LogP contribution in [-0.4, -0.2) is 25.4 Å². The molecule has 2 heterocycles. The molecule has 1 aromatic rings. The molecule has 0 spiro atoms. The highest BCUT2D eigenvalue weighted by Crippen LogP contribution is 2.25. The fourth-order valence-corrected chi connectivity index (χ4v) is 2.34. The molecular weight excluding hydrogens is 212 g/mol. The molecule has 2 nitrogen and oxygen atoms in total. The summed E-state index contributed by atoms with van der Waals surface area (Å²) in [6.45, 7) is 5.71. The summed E-state index contributed by atoms with van der Waals surface area (Å²) in [5.74, 6) is 0. The third kappa shape index (κ3) is 2.76. The molecule has 90 valence electrons. The van der Waals surface area contributed by atoms with Crippen LogP contribution < -0.4 is 0 Å². The summed E-state index contributed by atoms with van der Waals surface area (Å²) in [5, 5.41) is 0. The van der Waals surface area contributed by atoms with Gasteiger partial charge in [0.1, 0.15) is 0 Å². The van der Waals surface area contributed by atoms with Crippen LogP contribution >= 0.6 is 0 Å². The average Bonchev–Trinajstić information content (AvgIpc) is 3.17. The largest absolute Gasteiger partial charge is 0.373 e. The van der Waals surface area contributed by atoms with Crippen LogP contribution in [0, 0.1) is 0 Å². The maximum absolute atomic E-state index is 5.33. The van der Waals surface area contributed by atoms with Gasteiger partial charge in [-0.1, -0.05) is 24.3 Å². The Morgan fingerprint density at radius 2 is 1.65 bits per heavy atom. The van der Waals surface area contributed by atoms with Crippen molar-refractivity contribution >= 4 is 0 Å². The van der Waals surface area contributed by atoms with E-state index in [1.54, 1.807) is 0 Å². The molecule has 0 radical (unpaired) electrons. The number of ether oxygens (including phenoxy) is 2. The summed E-state index contributed by atoms with van der Waals surface area (Å²) in [7, 11) is 0. The van der Waals surface area contributed by atoms with E-state index in [2.05, 4.69) is 24.8 Å². The van der Waals surface area contributed by atoms with Crippen LogP contribution in [0.15, 0.2) is 30.9 Å². The number of hydrogen-bond donors (Lipinski definition) is 0. The molecule has 0 bridgehead atoms. The number of epoxide rings is 2. The van der Waals surface area contributed by atoms with Gasteiger partial charge >= 0.3 is 0 Å². The SMILES string of the molecule is C=CCc1c(CC2CO2)cccc1CC1CO1. The zero-order chi connectivity index (χ0) is 11.7. The smallest absolute Gasteiger partial charge is 0.0850 e. The summed E-state index contributed by atoms with van der Waals surface area (Å²) in [5.41, 5.74) is 4.28. The highest BCUT2D eigenvalue weighted by Gasteiger charge is 2.26. The number of benzene rings is 1. The number of rotatable bonds is 6. The minimum Gasteiger partial charge on any atom is -0.373 e. The molecule has 2 aliphatic rings. The molecule has 3 rings (SSSR count). The predicted molar refractivity (Wildman–Crippen MR) is 67.2 cm³/mol. The van der Waals surface area contributed by atoms with Gasteiger partial charge in [-0.25, -0.2) is 0 Å². The van der Waals surface area contributed by atoms with Crippen LogP contribution in [0.5, 0.6) is 0 Å². The van der Waals surface area contributed by atoms with Gasteiger partial charge in [-0.15, -0.1) is 6.58 Å². The Morgan fingerprint density at radius 1 is 1.12 bits per heavy atom. The van der Waals surface area contributed by atoms with E-state index in [4.69, 9.17) is 9.47 Å². The van der Waals surface area contributed by atoms with Crippen molar-refractivity contribution in [2.24, 2.45) is 0 Å². The molecule has 2 aliphatic heterocycles. The molecule has 2 heteroatoms. The Balaban J connectivity index is 1.85. The molecule has 0 aliphatic carbocycles. The van der Waals surface area contributed by atoms with E-state index >= 15 is 0 Å². The van der Waals surface area contributed by atoms with Crippen molar-refractivity contribution in [3.8, 4) is 0 Å². The first kappa shape index (κ1) is 11.0. The average molecular weight is 230 g/mol. The normalized spacial score (nSPS) is 25.6. The monoisotopic (exact) mass is 230 g/mol. The predicted octanol–water partition coefficient (Wildman–Crippen LogP) is 2.30. The first-order chi connectivity index (χ1) is 8.36. The second-order valence-electron chi connectivity index (χ2n) is 4.87. The molecule has 2 saturated heterocycles. The molecule has 2 unspecified atom stereocenters. The van der Waals surface area contributed by atoms with Gasteiger partial charge in [0.2, 0.25) is 0 Å². The molecule has 0 amide bonds. The first-order valence-electron chi connectivity index (χ1n) is 6.30. The number of allylic oxidation sites excluding steroid dienone is 1. The van der Waals surface area contributed by atoms with Crippen molar-refractivity contribution < 1.29 is 9.47 Å². The maximum Gasteiger partial charge on any atom is 0.0850 e. The van der Waals surface area contributed by atoms with Gasteiger partial charge < -0.3 is 9.47 Å². The van der Waals surface area contributed by atoms with Gasteiger partial charge in [-0.3, -0.25) is 0 Å². The Kier molecular flexibility index (Phi) is 3.00. The van der Waals surface area contributed by atoms with E-state index in [9.17, 15) is 0 Å². The van der Waals surface area contributed by atoms with Gasteiger partial charge in [0.15, 0.2) is 0 Å². The lowest BCUT2D eigenvalue weighted by Gasteiger charge is -2.12. The second kappa shape index (κ2) is 4.63. The summed E-state index contributed by atoms with van der Waals surface area (Å²) < 4.78 is 10.7. The fourth-order valence-electron chi connectivity index (χ4n) is 2.34. The van der Waals surface area contributed by atoms with Gasteiger partial charge in [0.25, 0.3) is 0 Å². The van der Waals surface area contributed by atoms with Crippen molar-refractivity contribution in [3.63, 3.8) is 0 Å². The Hall–Kier alpha value is -1.12. The number of hydrogen-bond acceptors (Lipinski definition) is 2. The van der Waals surface area contributed by atoms with Crippen LogP contribution in [0.3, 0.4) is 0 Å². The molecule has 0 N–H and O–H groups in total. The minimum absolute atomic E-state index is 0.450. The van der Waals surface area contributed by atoms with E-state index in [1.807, 2.05) is 6.08 Å². The molecule has 2 fully saturated rings. The summed E-state index contributed by atoms with van der Waals surface area (Å²) in [4.78, 5) is 0. The van der Waals surface area contributed by atoms with Crippen LogP contribution in [0.1, 0.15) is 16.7 Å². The summed E-state index contributed by atoms with van der Waals surface area (Å²) >= 11 is 0. The third-order valence-electron chi connectivity index (χ3n) is 3.42. The van der Waals surface area contributed by atoms with Gasteiger partial charge in [-0.05, 0) is 23.1 Å². The van der Waals surface area contributed by atoms with Gasteiger partial charge in [-0.2, -0.15) is 0 Å². The lowest BCUT2D eigenvalue weighted by atomic mass is 9.93. The third-order valence-corrected chi connectivity index (χ3v) is 3.42. The molecular formula is C15H18O2. The standard InChI is InChI=1S/C15H18O2/c1-2-4-15-11(7-13-9-16-13)5-3-6-12(15)8-14-10-17-14/h2-3,5-6,13-14H,1,4,7-10H2. The minimum atomic E-state index is 0.450. The Labute approximate surface area is 102 Å². The van der Waals surface area contributed by atoms with Crippen LogP contribution in [0.25, 0.3) is 0 Å². The van der Waals surface area contributed by atoms with Gasteiger partial charge in [0.05, 0.1) is 25.4 Å². The van der Waals surface area contributed by atoms with Crippen LogP contribution in [-0.2, 0) is 28.7 Å². The Morgan fingerprint density at radius 3 is 2.06 bits per heavy atom. The van der Waals surface area contributed by atoms with Crippen molar-refractivity contribution in [2.45, 2.75) is 31.5 Å². The molecule has 2 atom stereocenters. The van der Waals surface area contributed by atoms with Crippen molar-refractivity contribution in [3.05, 3.63) is 47.5 Å². The highest BCUT2D eigenvalue weighted by atomic mass is 16.6. The zero-order valence-corrected chi connectivity index (χ0v) is 10.0. The van der Waals surface area contributed by atoms with Crippen LogP contribution in [0.4, 0.5) is 0 Å². The van der Waals surface area contributed by atoms with Crippen molar-refractivity contribution in [1.29, 1.82) is 0 Å². The summed E-state index contributed by atoms with van der Waals surface area (Å²) in [6, 6.07) is 6.59. The highest BCUT2D eigenvalue weighted by molar-refractivity contribution is 5.38. The van der Waals surface area contributed by atoms with E-state index in [0.29, 0.717) is 12.2 Å². The molecule has 1 aromatic carbocycles. The Bertz CT molecular complexity index is 385. The molecule has 0 aromatic heterocycles. The van der Waals surface area contributed by atoms with E-state index in [0.717, 1.165) is 32.5 Å². The lowest BCUT2D eigenvalue weighted by molar-refractivity contribution is 0.405. The van der Waals surface area contributed by atoms with Crippen LogP contribution in [0.2, 0.25) is 0 Å². The van der Waals surface area contributed by atoms with Crippen molar-refractivity contribution in [1.82, 2.24) is 0 Å². The van der Waals surface area contributed by atoms with E-state index in [1.165, 1.54) is 16.7 Å². The topological polar surface area (TPSA) is 25.1 Å².